The van der Waals surface area contributed by atoms with Crippen LogP contribution in [0.1, 0.15) is 43.7 Å². The van der Waals surface area contributed by atoms with Crippen LogP contribution in [-0.2, 0) is 5.41 Å². The minimum absolute atomic E-state index is 0.0960. The van der Waals surface area contributed by atoms with E-state index in [9.17, 15) is 9.90 Å². The van der Waals surface area contributed by atoms with Crippen LogP contribution >= 0.6 is 11.3 Å². The van der Waals surface area contributed by atoms with Gasteiger partial charge in [-0.05, 0) is 41.0 Å². The molecule has 0 saturated carbocycles. The van der Waals surface area contributed by atoms with Crippen LogP contribution in [0.3, 0.4) is 0 Å². The van der Waals surface area contributed by atoms with Gasteiger partial charge in [0, 0.05) is 17.1 Å². The molecule has 2 amide bonds. The van der Waals surface area contributed by atoms with E-state index < -0.39 is 6.10 Å². The number of carbonyl (C=O) groups is 1. The van der Waals surface area contributed by atoms with Crippen molar-refractivity contribution in [1.82, 2.24) is 5.32 Å². The van der Waals surface area contributed by atoms with Gasteiger partial charge in [0.1, 0.15) is 0 Å². The van der Waals surface area contributed by atoms with Crippen LogP contribution in [0.4, 0.5) is 10.5 Å². The highest BCUT2D eigenvalue weighted by Crippen LogP contribution is 2.23. The van der Waals surface area contributed by atoms with Crippen molar-refractivity contribution >= 4 is 23.1 Å². The van der Waals surface area contributed by atoms with Gasteiger partial charge in [0.2, 0.25) is 0 Å². The van der Waals surface area contributed by atoms with E-state index in [1.165, 1.54) is 16.9 Å². The molecule has 124 valence electrons. The van der Waals surface area contributed by atoms with Gasteiger partial charge in [-0.25, -0.2) is 4.79 Å². The Labute approximate surface area is 141 Å². The van der Waals surface area contributed by atoms with Crippen molar-refractivity contribution in [3.05, 3.63) is 52.2 Å². The zero-order valence-electron chi connectivity index (χ0n) is 13.8. The second-order valence-corrected chi connectivity index (χ2v) is 7.51. The third-order valence-electron chi connectivity index (χ3n) is 3.58. The molecule has 2 rings (SSSR count). The number of thiophene rings is 1. The molecule has 5 heteroatoms. The molecule has 0 aliphatic carbocycles. The summed E-state index contributed by atoms with van der Waals surface area (Å²) in [6.45, 7) is 6.88. The minimum atomic E-state index is -0.527. The van der Waals surface area contributed by atoms with E-state index in [1.54, 1.807) is 0 Å². The van der Waals surface area contributed by atoms with Crippen LogP contribution in [0.25, 0.3) is 0 Å². The molecule has 4 nitrogen and oxygen atoms in total. The van der Waals surface area contributed by atoms with Gasteiger partial charge in [-0.3, -0.25) is 0 Å². The normalized spacial score (nSPS) is 12.7. The third kappa shape index (κ3) is 5.37. The number of carbonyl (C=O) groups excluding carboxylic acids is 1. The van der Waals surface area contributed by atoms with Gasteiger partial charge in [-0.2, -0.15) is 0 Å². The maximum absolute atomic E-state index is 11.9. The SMILES string of the molecule is CC(C)(C)c1ccc(NC(=O)NCC[C@@H](O)c2cccs2)cc1. The van der Waals surface area contributed by atoms with E-state index in [0.29, 0.717) is 13.0 Å². The summed E-state index contributed by atoms with van der Waals surface area (Å²) < 4.78 is 0. The van der Waals surface area contributed by atoms with Crippen molar-refractivity contribution in [3.8, 4) is 0 Å². The molecule has 1 aromatic carbocycles. The molecular formula is C18H24N2O2S. The van der Waals surface area contributed by atoms with Crippen LogP contribution in [0.2, 0.25) is 0 Å². The summed E-state index contributed by atoms with van der Waals surface area (Å²) in [5, 5.41) is 17.5. The highest BCUT2D eigenvalue weighted by atomic mass is 32.1. The van der Waals surface area contributed by atoms with E-state index in [-0.39, 0.29) is 11.4 Å². The Morgan fingerprint density at radius 2 is 1.91 bits per heavy atom. The van der Waals surface area contributed by atoms with Crippen molar-refractivity contribution in [3.63, 3.8) is 0 Å². The van der Waals surface area contributed by atoms with E-state index in [1.807, 2.05) is 41.8 Å². The fraction of sp³-hybridized carbons (Fsp3) is 0.389. The first kappa shape index (κ1) is 17.5. The molecule has 3 N–H and O–H groups in total. The van der Waals surface area contributed by atoms with Gasteiger partial charge >= 0.3 is 6.03 Å². The largest absolute Gasteiger partial charge is 0.388 e. The lowest BCUT2D eigenvalue weighted by atomic mass is 9.87. The lowest BCUT2D eigenvalue weighted by Crippen LogP contribution is -2.30. The van der Waals surface area contributed by atoms with Crippen molar-refractivity contribution in [2.45, 2.75) is 38.7 Å². The fourth-order valence-electron chi connectivity index (χ4n) is 2.17. The summed E-state index contributed by atoms with van der Waals surface area (Å²) in [5.74, 6) is 0. The Balaban J connectivity index is 1.76. The highest BCUT2D eigenvalue weighted by molar-refractivity contribution is 7.10. The molecule has 0 aliphatic rings. The molecule has 0 saturated heterocycles. The Hall–Kier alpha value is -1.85. The Morgan fingerprint density at radius 1 is 1.22 bits per heavy atom. The van der Waals surface area contributed by atoms with E-state index in [2.05, 4.69) is 31.4 Å². The average molecular weight is 332 g/mol. The molecule has 23 heavy (non-hydrogen) atoms. The Morgan fingerprint density at radius 3 is 2.48 bits per heavy atom. The number of amides is 2. The Kier molecular flexibility index (Phi) is 5.80. The number of urea groups is 1. The number of nitrogens with one attached hydrogen (secondary N) is 2. The van der Waals surface area contributed by atoms with E-state index in [4.69, 9.17) is 0 Å². The van der Waals surface area contributed by atoms with Gasteiger partial charge in [-0.1, -0.05) is 39.0 Å². The summed E-state index contributed by atoms with van der Waals surface area (Å²) in [6, 6.07) is 11.4. The lowest BCUT2D eigenvalue weighted by molar-refractivity contribution is 0.171. The molecule has 1 heterocycles. The predicted molar refractivity (Wildman–Crippen MR) is 96.1 cm³/mol. The first-order valence-corrected chi connectivity index (χ1v) is 8.61. The van der Waals surface area contributed by atoms with Crippen LogP contribution in [0.5, 0.6) is 0 Å². The predicted octanol–water partition coefficient (Wildman–Crippen LogP) is 4.29. The van der Waals surface area contributed by atoms with E-state index in [0.717, 1.165) is 10.6 Å². The van der Waals surface area contributed by atoms with Gasteiger partial charge in [-0.15, -0.1) is 11.3 Å². The molecule has 0 unspecified atom stereocenters. The zero-order chi connectivity index (χ0) is 16.9. The molecular weight excluding hydrogens is 308 g/mol. The second-order valence-electron chi connectivity index (χ2n) is 6.53. The lowest BCUT2D eigenvalue weighted by Gasteiger charge is -2.19. The summed E-state index contributed by atoms with van der Waals surface area (Å²) >= 11 is 1.52. The molecule has 1 aromatic heterocycles. The number of anilines is 1. The number of rotatable bonds is 5. The molecule has 0 aliphatic heterocycles. The fourth-order valence-corrected chi connectivity index (χ4v) is 2.92. The molecule has 0 bridgehead atoms. The first-order valence-electron chi connectivity index (χ1n) is 7.73. The smallest absolute Gasteiger partial charge is 0.319 e. The second kappa shape index (κ2) is 7.62. The summed E-state index contributed by atoms with van der Waals surface area (Å²) in [4.78, 5) is 12.8. The molecule has 1 atom stereocenters. The summed E-state index contributed by atoms with van der Waals surface area (Å²) in [5.41, 5.74) is 2.08. The minimum Gasteiger partial charge on any atom is -0.388 e. The number of hydrogen-bond acceptors (Lipinski definition) is 3. The van der Waals surface area contributed by atoms with Crippen molar-refractivity contribution in [2.75, 3.05) is 11.9 Å². The number of aliphatic hydroxyl groups is 1. The first-order chi connectivity index (χ1) is 10.9. The van der Waals surface area contributed by atoms with Crippen LogP contribution < -0.4 is 10.6 Å². The highest BCUT2D eigenvalue weighted by Gasteiger charge is 2.13. The molecule has 2 aromatic rings. The van der Waals surface area contributed by atoms with Crippen molar-refractivity contribution < 1.29 is 9.90 Å². The maximum Gasteiger partial charge on any atom is 0.319 e. The quantitative estimate of drug-likeness (QED) is 0.765. The average Bonchev–Trinajstić information content (AvgIpc) is 3.01. The molecule has 0 spiro atoms. The van der Waals surface area contributed by atoms with Gasteiger partial charge in [0.05, 0.1) is 6.10 Å². The van der Waals surface area contributed by atoms with Gasteiger partial charge in [0.15, 0.2) is 0 Å². The standard InChI is InChI=1S/C18H24N2O2S/c1-18(2,3)13-6-8-14(9-7-13)20-17(22)19-11-10-15(21)16-5-4-12-23-16/h4-9,12,15,21H,10-11H2,1-3H3,(H2,19,20,22)/t15-/m1/s1. The number of benzene rings is 1. The zero-order valence-corrected chi connectivity index (χ0v) is 14.6. The topological polar surface area (TPSA) is 61.4 Å². The van der Waals surface area contributed by atoms with Crippen LogP contribution in [-0.4, -0.2) is 17.7 Å². The van der Waals surface area contributed by atoms with Crippen LogP contribution in [0.15, 0.2) is 41.8 Å². The van der Waals surface area contributed by atoms with Crippen LogP contribution in [0, 0.1) is 0 Å². The van der Waals surface area contributed by atoms with Gasteiger partial charge < -0.3 is 15.7 Å². The maximum atomic E-state index is 11.9. The van der Waals surface area contributed by atoms with Gasteiger partial charge in [0.25, 0.3) is 0 Å². The Bertz CT molecular complexity index is 615. The number of aliphatic hydroxyl groups excluding tert-OH is 1. The monoisotopic (exact) mass is 332 g/mol. The number of hydrogen-bond donors (Lipinski definition) is 3. The summed E-state index contributed by atoms with van der Waals surface area (Å²) in [6.07, 6.45) is -0.0296. The van der Waals surface area contributed by atoms with E-state index >= 15 is 0 Å². The molecule has 0 radical (unpaired) electrons. The van der Waals surface area contributed by atoms with Crippen molar-refractivity contribution in [2.24, 2.45) is 0 Å². The third-order valence-corrected chi connectivity index (χ3v) is 4.56. The molecule has 0 fully saturated rings. The van der Waals surface area contributed by atoms with Crippen molar-refractivity contribution in [1.29, 1.82) is 0 Å². The summed E-state index contributed by atoms with van der Waals surface area (Å²) in [7, 11) is 0.